The molecule has 0 fully saturated rings. The van der Waals surface area contributed by atoms with E-state index >= 15 is 0 Å². The van der Waals surface area contributed by atoms with Gasteiger partial charge in [0.15, 0.2) is 0 Å². The molecule has 0 bridgehead atoms. The highest BCUT2D eigenvalue weighted by Crippen LogP contribution is 2.25. The Morgan fingerprint density at radius 3 is 1.76 bits per heavy atom. The zero-order chi connectivity index (χ0) is 25.1. The van der Waals surface area contributed by atoms with Gasteiger partial charge >= 0.3 is 0 Å². The van der Waals surface area contributed by atoms with Crippen LogP contribution in [0, 0.1) is 17.3 Å². The van der Waals surface area contributed by atoms with Crippen molar-refractivity contribution in [3.63, 3.8) is 0 Å². The van der Waals surface area contributed by atoms with Crippen LogP contribution in [-0.4, -0.2) is 105 Å². The lowest BCUT2D eigenvalue weighted by molar-refractivity contribution is -0.103. The second-order valence-electron chi connectivity index (χ2n) is 9.34. The van der Waals surface area contributed by atoms with Crippen molar-refractivity contribution in [2.24, 2.45) is 17.3 Å². The lowest BCUT2D eigenvalue weighted by atomic mass is 9.88. The molecule has 0 amide bonds. The third kappa shape index (κ3) is 14.6. The Morgan fingerprint density at radius 2 is 1.30 bits per heavy atom. The largest absolute Gasteiger partial charge is 0.380 e. The summed E-state index contributed by atoms with van der Waals surface area (Å²) in [6.07, 6.45) is 0.756. The highest BCUT2D eigenvalue weighted by molar-refractivity contribution is 4.79. The molecular formula is C24H52N2O7. The molecule has 0 aliphatic carbocycles. The first kappa shape index (κ1) is 32.6. The SMILES string of the molecule is CCC(COCC(C)C)(COCC(C)C(NCOC)OC)COCC(C)N(COC)COC. The van der Waals surface area contributed by atoms with Crippen molar-refractivity contribution in [2.45, 2.75) is 53.3 Å². The molecule has 0 aromatic rings. The average Bonchev–Trinajstić information content (AvgIpc) is 2.78. The highest BCUT2D eigenvalue weighted by atomic mass is 16.5. The number of rotatable bonds is 23. The molecule has 1 N–H and O–H groups in total. The van der Waals surface area contributed by atoms with Gasteiger partial charge in [0.05, 0.1) is 39.8 Å². The van der Waals surface area contributed by atoms with Gasteiger partial charge in [-0.1, -0.05) is 27.7 Å². The van der Waals surface area contributed by atoms with Crippen molar-refractivity contribution in [1.29, 1.82) is 0 Å². The Morgan fingerprint density at radius 1 is 0.758 bits per heavy atom. The minimum Gasteiger partial charge on any atom is -0.380 e. The van der Waals surface area contributed by atoms with Crippen LogP contribution in [0.25, 0.3) is 0 Å². The van der Waals surface area contributed by atoms with E-state index in [0.717, 1.165) is 13.0 Å². The molecule has 0 saturated carbocycles. The number of hydrogen-bond donors (Lipinski definition) is 1. The minimum atomic E-state index is -0.218. The number of hydrogen-bond acceptors (Lipinski definition) is 9. The fourth-order valence-electron chi connectivity index (χ4n) is 3.35. The Balaban J connectivity index is 4.92. The van der Waals surface area contributed by atoms with Crippen LogP contribution in [0.2, 0.25) is 0 Å². The number of nitrogens with zero attached hydrogens (tertiary/aromatic N) is 1. The van der Waals surface area contributed by atoms with Gasteiger partial charge < -0.3 is 33.2 Å². The van der Waals surface area contributed by atoms with Crippen molar-refractivity contribution < 1.29 is 33.2 Å². The van der Waals surface area contributed by atoms with Crippen LogP contribution in [0.5, 0.6) is 0 Å². The molecule has 0 aromatic heterocycles. The Bertz CT molecular complexity index is 439. The maximum atomic E-state index is 6.20. The summed E-state index contributed by atoms with van der Waals surface area (Å²) >= 11 is 0. The lowest BCUT2D eigenvalue weighted by Gasteiger charge is -2.34. The molecule has 0 aliphatic rings. The van der Waals surface area contributed by atoms with Gasteiger partial charge in [0.25, 0.3) is 0 Å². The first-order chi connectivity index (χ1) is 15.8. The Labute approximate surface area is 202 Å². The van der Waals surface area contributed by atoms with Gasteiger partial charge in [-0.05, 0) is 19.3 Å². The molecule has 0 aromatic carbocycles. The quantitative estimate of drug-likeness (QED) is 0.222. The van der Waals surface area contributed by atoms with E-state index in [-0.39, 0.29) is 23.6 Å². The van der Waals surface area contributed by atoms with Crippen LogP contribution in [0.15, 0.2) is 0 Å². The van der Waals surface area contributed by atoms with E-state index in [9.17, 15) is 0 Å². The molecular weight excluding hydrogens is 428 g/mol. The van der Waals surface area contributed by atoms with Crippen LogP contribution in [0.3, 0.4) is 0 Å². The monoisotopic (exact) mass is 480 g/mol. The van der Waals surface area contributed by atoms with E-state index < -0.39 is 0 Å². The molecule has 0 radical (unpaired) electrons. The van der Waals surface area contributed by atoms with Crippen LogP contribution in [-0.2, 0) is 33.2 Å². The predicted octanol–water partition coefficient (Wildman–Crippen LogP) is 2.79. The molecule has 0 saturated heterocycles. The van der Waals surface area contributed by atoms with Crippen molar-refractivity contribution >= 4 is 0 Å². The molecule has 0 heterocycles. The van der Waals surface area contributed by atoms with E-state index in [1.165, 1.54) is 0 Å². The minimum absolute atomic E-state index is 0.136. The van der Waals surface area contributed by atoms with Gasteiger partial charge in [-0.2, -0.15) is 0 Å². The molecule has 0 rings (SSSR count). The zero-order valence-electron chi connectivity index (χ0n) is 22.7. The molecule has 4 atom stereocenters. The summed E-state index contributed by atoms with van der Waals surface area (Å²) in [6.45, 7) is 15.7. The number of methoxy groups -OCH3 is 4. The highest BCUT2D eigenvalue weighted by Gasteiger charge is 2.31. The maximum Gasteiger partial charge on any atom is 0.114 e. The smallest absolute Gasteiger partial charge is 0.114 e. The van der Waals surface area contributed by atoms with Crippen molar-refractivity contribution in [2.75, 3.05) is 88.3 Å². The topological polar surface area (TPSA) is 79.9 Å². The van der Waals surface area contributed by atoms with Crippen LogP contribution >= 0.6 is 0 Å². The standard InChI is InChI=1S/C24H52N2O7/c1-10-24(14-31-11-20(2)3,15-32-12-21(4)23(30-9)25-17-27-6)16-33-13-22(5)26(18-28-7)19-29-8/h20-23,25H,10-19H2,1-9H3. The summed E-state index contributed by atoms with van der Waals surface area (Å²) in [5.74, 6) is 0.640. The second kappa shape index (κ2) is 19.9. The molecule has 9 heteroatoms. The van der Waals surface area contributed by atoms with Gasteiger partial charge in [0.1, 0.15) is 19.7 Å². The van der Waals surface area contributed by atoms with Crippen LogP contribution < -0.4 is 5.32 Å². The van der Waals surface area contributed by atoms with E-state index in [0.29, 0.717) is 59.1 Å². The Hall–Kier alpha value is -0.360. The van der Waals surface area contributed by atoms with Crippen molar-refractivity contribution in [3.8, 4) is 0 Å². The molecule has 4 unspecified atom stereocenters. The first-order valence-electron chi connectivity index (χ1n) is 12.0. The molecule has 0 spiro atoms. The lowest BCUT2D eigenvalue weighted by Crippen LogP contribution is -2.43. The molecule has 200 valence electrons. The second-order valence-corrected chi connectivity index (χ2v) is 9.34. The zero-order valence-corrected chi connectivity index (χ0v) is 22.7. The average molecular weight is 481 g/mol. The van der Waals surface area contributed by atoms with Crippen molar-refractivity contribution in [3.05, 3.63) is 0 Å². The van der Waals surface area contributed by atoms with E-state index in [4.69, 9.17) is 33.2 Å². The summed E-state index contributed by atoms with van der Waals surface area (Å²) in [4.78, 5) is 2.08. The van der Waals surface area contributed by atoms with E-state index in [2.05, 4.69) is 44.8 Å². The summed E-state index contributed by atoms with van der Waals surface area (Å²) in [5, 5.41) is 3.21. The number of ether oxygens (including phenoxy) is 7. The van der Waals surface area contributed by atoms with Crippen LogP contribution in [0.4, 0.5) is 0 Å². The van der Waals surface area contributed by atoms with Crippen LogP contribution in [0.1, 0.15) is 41.0 Å². The van der Waals surface area contributed by atoms with Gasteiger partial charge in [0, 0.05) is 52.4 Å². The van der Waals surface area contributed by atoms with E-state index in [1.54, 1.807) is 28.4 Å². The molecule has 0 aliphatic heterocycles. The Kier molecular flexibility index (Phi) is 19.7. The summed E-state index contributed by atoms with van der Waals surface area (Å²) in [7, 11) is 6.70. The third-order valence-corrected chi connectivity index (χ3v) is 5.58. The maximum absolute atomic E-state index is 6.20. The predicted molar refractivity (Wildman–Crippen MR) is 130 cm³/mol. The van der Waals surface area contributed by atoms with Gasteiger partial charge in [-0.15, -0.1) is 0 Å². The van der Waals surface area contributed by atoms with Gasteiger partial charge in [-0.3, -0.25) is 10.2 Å². The summed E-state index contributed by atoms with van der Waals surface area (Å²) in [5.41, 5.74) is -0.218. The fourth-order valence-corrected chi connectivity index (χ4v) is 3.35. The van der Waals surface area contributed by atoms with E-state index in [1.807, 2.05) is 0 Å². The number of nitrogens with one attached hydrogen (secondary N) is 1. The summed E-state index contributed by atoms with van der Waals surface area (Å²) < 4.78 is 39.6. The van der Waals surface area contributed by atoms with Gasteiger partial charge in [0.2, 0.25) is 0 Å². The van der Waals surface area contributed by atoms with Crippen molar-refractivity contribution in [1.82, 2.24) is 10.2 Å². The first-order valence-corrected chi connectivity index (χ1v) is 12.0. The third-order valence-electron chi connectivity index (χ3n) is 5.58. The molecule has 33 heavy (non-hydrogen) atoms. The van der Waals surface area contributed by atoms with Gasteiger partial charge in [-0.25, -0.2) is 0 Å². The molecule has 9 nitrogen and oxygen atoms in total. The summed E-state index contributed by atoms with van der Waals surface area (Å²) in [6, 6.07) is 0.159. The fraction of sp³-hybridized carbons (Fsp3) is 1.00. The normalized spacial score (nSPS) is 16.8.